The van der Waals surface area contributed by atoms with Crippen LogP contribution < -0.4 is 5.32 Å². The Morgan fingerprint density at radius 1 is 1.00 bits per heavy atom. The highest BCUT2D eigenvalue weighted by Crippen LogP contribution is 2.30. The topological polar surface area (TPSA) is 49.4 Å². The summed E-state index contributed by atoms with van der Waals surface area (Å²) in [6, 6.07) is 4.56. The van der Waals surface area contributed by atoms with Crippen molar-refractivity contribution in [2.24, 2.45) is 5.92 Å². The Kier molecular flexibility index (Phi) is 6.62. The zero-order valence-corrected chi connectivity index (χ0v) is 15.9. The van der Waals surface area contributed by atoms with Gasteiger partial charge >= 0.3 is 6.18 Å². The van der Waals surface area contributed by atoms with Crippen molar-refractivity contribution in [3.05, 3.63) is 35.4 Å². The summed E-state index contributed by atoms with van der Waals surface area (Å²) in [5, 5.41) is 2.85. The zero-order chi connectivity index (χ0) is 20.1. The van der Waals surface area contributed by atoms with Crippen molar-refractivity contribution in [2.75, 3.05) is 13.1 Å². The molecule has 4 nitrogen and oxygen atoms in total. The average molecular weight is 396 g/mol. The standard InChI is InChI=1S/C21H27F3N2O2/c22-21(23,24)17-10-8-15(9-11-17)12-13-25-19(27)18-7-4-14-26(18)20(28)16-5-2-1-3-6-16/h8-11,16,18H,1-7,12-14H2,(H,25,27). The lowest BCUT2D eigenvalue weighted by molar-refractivity contribution is -0.142. The van der Waals surface area contributed by atoms with E-state index in [1.165, 1.54) is 18.6 Å². The second-order valence-electron chi connectivity index (χ2n) is 7.76. The number of benzene rings is 1. The molecule has 0 radical (unpaired) electrons. The molecule has 1 unspecified atom stereocenters. The van der Waals surface area contributed by atoms with Crippen LogP contribution in [0.3, 0.4) is 0 Å². The van der Waals surface area contributed by atoms with Crippen molar-refractivity contribution in [1.82, 2.24) is 10.2 Å². The first-order valence-electron chi connectivity index (χ1n) is 10.1. The van der Waals surface area contributed by atoms with Gasteiger partial charge in [0.1, 0.15) is 6.04 Å². The Bertz CT molecular complexity index is 682. The monoisotopic (exact) mass is 396 g/mol. The first-order valence-corrected chi connectivity index (χ1v) is 10.1. The molecular formula is C21H27F3N2O2. The van der Waals surface area contributed by atoms with Gasteiger partial charge in [0.25, 0.3) is 0 Å². The molecule has 1 aromatic carbocycles. The van der Waals surface area contributed by atoms with E-state index in [2.05, 4.69) is 5.32 Å². The van der Waals surface area contributed by atoms with Crippen LogP contribution in [-0.2, 0) is 22.2 Å². The highest BCUT2D eigenvalue weighted by molar-refractivity contribution is 5.89. The number of carbonyl (C=O) groups is 2. The van der Waals surface area contributed by atoms with E-state index in [0.717, 1.165) is 49.8 Å². The lowest BCUT2D eigenvalue weighted by Gasteiger charge is -2.30. The minimum absolute atomic E-state index is 0.0503. The lowest BCUT2D eigenvalue weighted by Crippen LogP contribution is -2.48. The van der Waals surface area contributed by atoms with Crippen LogP contribution >= 0.6 is 0 Å². The molecule has 1 N–H and O–H groups in total. The average Bonchev–Trinajstić information content (AvgIpc) is 3.17. The number of nitrogens with zero attached hydrogens (tertiary/aromatic N) is 1. The number of amides is 2. The van der Waals surface area contributed by atoms with Crippen LogP contribution in [0.4, 0.5) is 13.2 Å². The summed E-state index contributed by atoms with van der Waals surface area (Å²) in [6.07, 6.45) is 2.77. The van der Waals surface area contributed by atoms with Crippen molar-refractivity contribution in [3.8, 4) is 0 Å². The normalized spacial score (nSPS) is 21.0. The van der Waals surface area contributed by atoms with E-state index in [1.54, 1.807) is 4.90 Å². The minimum Gasteiger partial charge on any atom is -0.354 e. The molecule has 0 bridgehead atoms. The molecule has 154 valence electrons. The third-order valence-electron chi connectivity index (χ3n) is 5.79. The smallest absolute Gasteiger partial charge is 0.354 e. The first kappa shape index (κ1) is 20.7. The van der Waals surface area contributed by atoms with E-state index in [9.17, 15) is 22.8 Å². The van der Waals surface area contributed by atoms with E-state index in [4.69, 9.17) is 0 Å². The number of likely N-dealkylation sites (tertiary alicyclic amines) is 1. The summed E-state index contributed by atoms with van der Waals surface area (Å²) in [6.45, 7) is 0.971. The summed E-state index contributed by atoms with van der Waals surface area (Å²) >= 11 is 0. The Morgan fingerprint density at radius 3 is 2.32 bits per heavy atom. The van der Waals surface area contributed by atoms with Crippen LogP contribution in [0.5, 0.6) is 0 Å². The zero-order valence-electron chi connectivity index (χ0n) is 15.9. The number of nitrogens with one attached hydrogen (secondary N) is 1. The fourth-order valence-electron chi connectivity index (χ4n) is 4.20. The molecule has 2 amide bonds. The van der Waals surface area contributed by atoms with Gasteiger partial charge in [0.05, 0.1) is 5.56 Å². The van der Waals surface area contributed by atoms with Crippen LogP contribution in [0.2, 0.25) is 0 Å². The minimum atomic E-state index is -4.34. The maximum atomic E-state index is 12.8. The second-order valence-corrected chi connectivity index (χ2v) is 7.76. The molecular weight excluding hydrogens is 369 g/mol. The fourth-order valence-corrected chi connectivity index (χ4v) is 4.20. The van der Waals surface area contributed by atoms with Gasteiger partial charge in [-0.2, -0.15) is 13.2 Å². The fraction of sp³-hybridized carbons (Fsp3) is 0.619. The van der Waals surface area contributed by atoms with Gasteiger partial charge in [-0.3, -0.25) is 9.59 Å². The molecule has 1 saturated carbocycles. The van der Waals surface area contributed by atoms with Crippen molar-refractivity contribution in [2.45, 2.75) is 63.6 Å². The van der Waals surface area contributed by atoms with Crippen LogP contribution in [0.1, 0.15) is 56.1 Å². The molecule has 1 heterocycles. The summed E-state index contributed by atoms with van der Waals surface area (Å²) in [4.78, 5) is 27.1. The lowest BCUT2D eigenvalue weighted by atomic mass is 9.88. The highest BCUT2D eigenvalue weighted by Gasteiger charge is 2.37. The van der Waals surface area contributed by atoms with Gasteiger partial charge in [-0.05, 0) is 49.8 Å². The van der Waals surface area contributed by atoms with E-state index in [0.29, 0.717) is 25.9 Å². The van der Waals surface area contributed by atoms with Crippen molar-refractivity contribution >= 4 is 11.8 Å². The van der Waals surface area contributed by atoms with E-state index >= 15 is 0 Å². The predicted octanol–water partition coefficient (Wildman–Crippen LogP) is 3.94. The van der Waals surface area contributed by atoms with E-state index in [1.807, 2.05) is 0 Å². The highest BCUT2D eigenvalue weighted by atomic mass is 19.4. The van der Waals surface area contributed by atoms with Gasteiger partial charge in [0.15, 0.2) is 0 Å². The molecule has 28 heavy (non-hydrogen) atoms. The third kappa shape index (κ3) is 5.06. The van der Waals surface area contributed by atoms with Gasteiger partial charge < -0.3 is 10.2 Å². The quantitative estimate of drug-likeness (QED) is 0.820. The molecule has 2 aliphatic rings. The van der Waals surface area contributed by atoms with Crippen LogP contribution in [0.15, 0.2) is 24.3 Å². The summed E-state index contributed by atoms with van der Waals surface area (Å²) in [7, 11) is 0. The molecule has 3 rings (SSSR count). The van der Waals surface area contributed by atoms with Gasteiger partial charge in [-0.1, -0.05) is 31.4 Å². The van der Waals surface area contributed by atoms with Crippen LogP contribution in [-0.4, -0.2) is 35.8 Å². The SMILES string of the molecule is O=C(NCCc1ccc(C(F)(F)F)cc1)C1CCCN1C(=O)C1CCCCC1. The number of hydrogen-bond acceptors (Lipinski definition) is 2. The molecule has 2 fully saturated rings. The van der Waals surface area contributed by atoms with Gasteiger partial charge in [0, 0.05) is 19.0 Å². The van der Waals surface area contributed by atoms with Crippen LogP contribution in [0.25, 0.3) is 0 Å². The second kappa shape index (κ2) is 8.97. The Balaban J connectivity index is 1.49. The molecule has 7 heteroatoms. The van der Waals surface area contributed by atoms with Gasteiger partial charge in [0.2, 0.25) is 11.8 Å². The number of alkyl halides is 3. The van der Waals surface area contributed by atoms with Crippen molar-refractivity contribution < 1.29 is 22.8 Å². The Morgan fingerprint density at radius 2 is 1.68 bits per heavy atom. The van der Waals surface area contributed by atoms with Crippen molar-refractivity contribution in [3.63, 3.8) is 0 Å². The number of rotatable bonds is 5. The Labute approximate surface area is 163 Å². The van der Waals surface area contributed by atoms with E-state index in [-0.39, 0.29) is 17.7 Å². The van der Waals surface area contributed by atoms with Crippen molar-refractivity contribution in [1.29, 1.82) is 0 Å². The Hall–Kier alpha value is -2.05. The van der Waals surface area contributed by atoms with E-state index < -0.39 is 17.8 Å². The van der Waals surface area contributed by atoms with Crippen LogP contribution in [0, 0.1) is 5.92 Å². The number of carbonyl (C=O) groups excluding carboxylic acids is 2. The molecule has 0 aromatic heterocycles. The number of hydrogen-bond donors (Lipinski definition) is 1. The number of halogens is 3. The maximum Gasteiger partial charge on any atom is 0.416 e. The summed E-state index contributed by atoms with van der Waals surface area (Å²) in [5.74, 6) is 0.00274. The molecule has 0 spiro atoms. The summed E-state index contributed by atoms with van der Waals surface area (Å²) < 4.78 is 37.8. The molecule has 1 aliphatic heterocycles. The van der Waals surface area contributed by atoms with Gasteiger partial charge in [-0.25, -0.2) is 0 Å². The molecule has 1 saturated heterocycles. The first-order chi connectivity index (χ1) is 13.4. The largest absolute Gasteiger partial charge is 0.416 e. The predicted molar refractivity (Wildman–Crippen MR) is 99.5 cm³/mol. The third-order valence-corrected chi connectivity index (χ3v) is 5.79. The molecule has 1 atom stereocenters. The van der Waals surface area contributed by atoms with Gasteiger partial charge in [-0.15, -0.1) is 0 Å². The molecule has 1 aliphatic carbocycles. The molecule has 1 aromatic rings. The summed E-state index contributed by atoms with van der Waals surface area (Å²) in [5.41, 5.74) is 0.0537. The maximum absolute atomic E-state index is 12.8.